The van der Waals surface area contributed by atoms with E-state index in [1.165, 1.54) is 15.9 Å². The van der Waals surface area contributed by atoms with Gasteiger partial charge in [0.05, 0.1) is 14.2 Å². The van der Waals surface area contributed by atoms with Crippen LogP contribution in [0.1, 0.15) is 0 Å². The number of halogens is 1. The van der Waals surface area contributed by atoms with E-state index in [4.69, 9.17) is 9.47 Å². The third-order valence-electron chi connectivity index (χ3n) is 3.72. The van der Waals surface area contributed by atoms with Crippen molar-refractivity contribution in [1.29, 1.82) is 0 Å². The highest BCUT2D eigenvalue weighted by Crippen LogP contribution is 2.40. The zero-order valence-corrected chi connectivity index (χ0v) is 16.1. The highest BCUT2D eigenvalue weighted by molar-refractivity contribution is 9.10. The number of methoxy groups -OCH3 is 2. The fraction of sp³-hybridized carbons (Fsp3) is 0.100. The molecule has 4 heteroatoms. The highest BCUT2D eigenvalue weighted by atomic mass is 79.9. The molecule has 0 atom stereocenters. The summed E-state index contributed by atoms with van der Waals surface area (Å²) in [6.45, 7) is 0. The molecule has 0 aromatic heterocycles. The van der Waals surface area contributed by atoms with Crippen molar-refractivity contribution in [1.82, 2.24) is 0 Å². The summed E-state index contributed by atoms with van der Waals surface area (Å²) in [5.74, 6) is 1.47. The number of ether oxygens (including phenoxy) is 2. The van der Waals surface area contributed by atoms with Crippen molar-refractivity contribution in [3.8, 4) is 11.5 Å². The molecule has 0 spiro atoms. The Labute approximate surface area is 152 Å². The molecule has 0 heterocycles. The molecule has 122 valence electrons. The summed E-state index contributed by atoms with van der Waals surface area (Å²) in [4.78, 5) is 0. The van der Waals surface area contributed by atoms with Gasteiger partial charge in [-0.2, -0.15) is 0 Å². The summed E-state index contributed by atoms with van der Waals surface area (Å²) >= 11 is 3.73. The van der Waals surface area contributed by atoms with Gasteiger partial charge >= 0.3 is 0 Å². The molecule has 0 aliphatic carbocycles. The van der Waals surface area contributed by atoms with Crippen LogP contribution in [0.4, 0.5) is 0 Å². The van der Waals surface area contributed by atoms with Crippen LogP contribution in [0.15, 0.2) is 77.3 Å². The van der Waals surface area contributed by atoms with Crippen molar-refractivity contribution < 1.29 is 9.47 Å². The molecular formula is C20H18BrO2P. The van der Waals surface area contributed by atoms with E-state index in [2.05, 4.69) is 70.5 Å². The van der Waals surface area contributed by atoms with Gasteiger partial charge in [0.15, 0.2) is 11.5 Å². The Morgan fingerprint density at radius 3 is 1.62 bits per heavy atom. The van der Waals surface area contributed by atoms with Crippen LogP contribution in [-0.2, 0) is 0 Å². The third kappa shape index (κ3) is 3.48. The summed E-state index contributed by atoms with van der Waals surface area (Å²) in [5.41, 5.74) is 0. The second kappa shape index (κ2) is 7.83. The second-order valence-corrected chi connectivity index (χ2v) is 8.20. The number of benzene rings is 3. The Bertz CT molecular complexity index is 767. The van der Waals surface area contributed by atoms with E-state index < -0.39 is 7.92 Å². The first-order chi connectivity index (χ1) is 11.7. The molecule has 0 aliphatic heterocycles. The van der Waals surface area contributed by atoms with E-state index in [9.17, 15) is 0 Å². The quantitative estimate of drug-likeness (QED) is 0.596. The monoisotopic (exact) mass is 400 g/mol. The third-order valence-corrected chi connectivity index (χ3v) is 7.17. The fourth-order valence-electron chi connectivity index (χ4n) is 2.60. The van der Waals surface area contributed by atoms with Crippen molar-refractivity contribution in [2.24, 2.45) is 0 Å². The van der Waals surface area contributed by atoms with Crippen LogP contribution < -0.4 is 25.4 Å². The average molecular weight is 401 g/mol. The normalized spacial score (nSPS) is 10.7. The van der Waals surface area contributed by atoms with Gasteiger partial charge in [-0.05, 0) is 46.6 Å². The van der Waals surface area contributed by atoms with Gasteiger partial charge in [-0.25, -0.2) is 0 Å². The first-order valence-corrected chi connectivity index (χ1v) is 9.70. The lowest BCUT2D eigenvalue weighted by molar-refractivity contribution is 0.355. The van der Waals surface area contributed by atoms with E-state index in [1.54, 1.807) is 14.2 Å². The molecule has 0 radical (unpaired) electrons. The van der Waals surface area contributed by atoms with E-state index >= 15 is 0 Å². The maximum absolute atomic E-state index is 5.52. The predicted molar refractivity (Wildman–Crippen MR) is 106 cm³/mol. The Morgan fingerprint density at radius 1 is 0.708 bits per heavy atom. The summed E-state index contributed by atoms with van der Waals surface area (Å²) < 4.78 is 12.0. The van der Waals surface area contributed by atoms with Crippen molar-refractivity contribution >= 4 is 39.8 Å². The molecule has 0 bridgehead atoms. The molecule has 0 fully saturated rings. The molecule has 0 unspecified atom stereocenters. The number of hydrogen-bond donors (Lipinski definition) is 0. The van der Waals surface area contributed by atoms with Crippen LogP contribution in [0.2, 0.25) is 0 Å². The summed E-state index contributed by atoms with van der Waals surface area (Å²) in [6, 6.07) is 25.2. The lowest BCUT2D eigenvalue weighted by Gasteiger charge is -2.22. The van der Waals surface area contributed by atoms with Crippen molar-refractivity contribution in [3.05, 3.63) is 77.3 Å². The molecule has 0 saturated carbocycles. The Balaban J connectivity index is 2.20. The maximum atomic E-state index is 5.52. The van der Waals surface area contributed by atoms with E-state index in [0.29, 0.717) is 0 Å². The van der Waals surface area contributed by atoms with Crippen molar-refractivity contribution in [3.63, 3.8) is 0 Å². The van der Waals surface area contributed by atoms with Crippen LogP contribution in [0.3, 0.4) is 0 Å². The molecule has 3 aromatic rings. The SMILES string of the molecule is COc1cc(Br)c(P(c2ccccc2)c2ccccc2)cc1OC. The molecule has 3 aromatic carbocycles. The minimum Gasteiger partial charge on any atom is -0.493 e. The lowest BCUT2D eigenvalue weighted by Crippen LogP contribution is -2.21. The summed E-state index contributed by atoms with van der Waals surface area (Å²) in [5, 5.41) is 3.80. The Kier molecular flexibility index (Phi) is 5.55. The average Bonchev–Trinajstić information content (AvgIpc) is 2.64. The molecule has 0 saturated heterocycles. The van der Waals surface area contributed by atoms with Gasteiger partial charge in [-0.1, -0.05) is 60.7 Å². The van der Waals surface area contributed by atoms with Crippen LogP contribution in [0.25, 0.3) is 0 Å². The van der Waals surface area contributed by atoms with Gasteiger partial charge < -0.3 is 9.47 Å². The van der Waals surface area contributed by atoms with Crippen LogP contribution in [0, 0.1) is 0 Å². The minimum atomic E-state index is -0.689. The molecular weight excluding hydrogens is 383 g/mol. The molecule has 0 amide bonds. The summed E-state index contributed by atoms with van der Waals surface area (Å²) in [6.07, 6.45) is 0. The van der Waals surface area contributed by atoms with Crippen LogP contribution in [-0.4, -0.2) is 14.2 Å². The van der Waals surface area contributed by atoms with Gasteiger partial charge in [0.2, 0.25) is 0 Å². The van der Waals surface area contributed by atoms with E-state index in [-0.39, 0.29) is 0 Å². The minimum absolute atomic E-state index is 0.689. The molecule has 3 rings (SSSR count). The molecule has 0 aliphatic rings. The second-order valence-electron chi connectivity index (χ2n) is 5.17. The van der Waals surface area contributed by atoms with Gasteiger partial charge in [0, 0.05) is 9.78 Å². The largest absolute Gasteiger partial charge is 0.493 e. The zero-order chi connectivity index (χ0) is 16.9. The smallest absolute Gasteiger partial charge is 0.161 e. The fourth-order valence-corrected chi connectivity index (χ4v) is 5.77. The number of hydrogen-bond acceptors (Lipinski definition) is 2. The molecule has 0 N–H and O–H groups in total. The Morgan fingerprint density at radius 2 is 1.17 bits per heavy atom. The van der Waals surface area contributed by atoms with Gasteiger partial charge in [-0.3, -0.25) is 0 Å². The molecule has 2 nitrogen and oxygen atoms in total. The van der Waals surface area contributed by atoms with Crippen molar-refractivity contribution in [2.75, 3.05) is 14.2 Å². The lowest BCUT2D eigenvalue weighted by atomic mass is 10.3. The zero-order valence-electron chi connectivity index (χ0n) is 13.6. The first kappa shape index (κ1) is 17.0. The van der Waals surface area contributed by atoms with E-state index in [1.807, 2.05) is 18.2 Å². The predicted octanol–water partition coefficient (Wildman–Crippen LogP) is 4.22. The van der Waals surface area contributed by atoms with Gasteiger partial charge in [-0.15, -0.1) is 0 Å². The molecule has 24 heavy (non-hydrogen) atoms. The van der Waals surface area contributed by atoms with Crippen molar-refractivity contribution in [2.45, 2.75) is 0 Å². The topological polar surface area (TPSA) is 18.5 Å². The van der Waals surface area contributed by atoms with Crippen LogP contribution >= 0.6 is 23.9 Å². The number of rotatable bonds is 5. The van der Waals surface area contributed by atoms with Gasteiger partial charge in [0.25, 0.3) is 0 Å². The maximum Gasteiger partial charge on any atom is 0.161 e. The van der Waals surface area contributed by atoms with Gasteiger partial charge in [0.1, 0.15) is 0 Å². The highest BCUT2D eigenvalue weighted by Gasteiger charge is 2.21. The first-order valence-electron chi connectivity index (χ1n) is 7.56. The standard InChI is InChI=1S/C20H18BrO2P/c1-22-18-13-17(21)20(14-19(18)23-2)24(15-9-5-3-6-10-15)16-11-7-4-8-12-16/h3-14H,1-2H3. The summed E-state index contributed by atoms with van der Waals surface area (Å²) in [7, 11) is 2.63. The Hall–Kier alpha value is -1.83. The van der Waals surface area contributed by atoms with E-state index in [0.717, 1.165) is 16.0 Å². The van der Waals surface area contributed by atoms with Crippen LogP contribution in [0.5, 0.6) is 11.5 Å².